The summed E-state index contributed by atoms with van der Waals surface area (Å²) in [4.78, 5) is 2.30. The largest absolute Gasteiger partial charge is 0.390 e. The molecule has 1 aliphatic rings. The zero-order chi connectivity index (χ0) is 11.3. The summed E-state index contributed by atoms with van der Waals surface area (Å²) >= 11 is 2.02. The highest BCUT2D eigenvalue weighted by Gasteiger charge is 2.21. The Labute approximate surface area is 97.6 Å². The van der Waals surface area contributed by atoms with E-state index in [-0.39, 0.29) is 6.10 Å². The van der Waals surface area contributed by atoms with Crippen LogP contribution in [0.25, 0.3) is 0 Å². The van der Waals surface area contributed by atoms with Crippen molar-refractivity contribution >= 4 is 11.8 Å². The number of likely N-dealkylation sites (N-methyl/N-ethyl adjacent to an activating group) is 1. The van der Waals surface area contributed by atoms with Gasteiger partial charge in [-0.3, -0.25) is 4.90 Å². The number of aliphatic hydroxyl groups excluding tert-OH is 1. The summed E-state index contributed by atoms with van der Waals surface area (Å²) in [5, 5.41) is 13.1. The van der Waals surface area contributed by atoms with Gasteiger partial charge in [0.2, 0.25) is 0 Å². The van der Waals surface area contributed by atoms with Crippen LogP contribution in [0.5, 0.6) is 0 Å². The van der Waals surface area contributed by atoms with Gasteiger partial charge in [-0.2, -0.15) is 11.8 Å². The molecular formula is C11H24N2OS. The van der Waals surface area contributed by atoms with Gasteiger partial charge in [-0.25, -0.2) is 0 Å². The van der Waals surface area contributed by atoms with Crippen molar-refractivity contribution in [3.05, 3.63) is 0 Å². The van der Waals surface area contributed by atoms with Crippen molar-refractivity contribution in [2.45, 2.75) is 38.5 Å². The Balaban J connectivity index is 2.15. The monoisotopic (exact) mass is 232 g/mol. The van der Waals surface area contributed by atoms with E-state index in [9.17, 15) is 5.11 Å². The van der Waals surface area contributed by atoms with Crippen LogP contribution >= 0.6 is 11.8 Å². The summed E-state index contributed by atoms with van der Waals surface area (Å²) in [7, 11) is 2.12. The molecule has 4 heteroatoms. The first-order valence-corrected chi connectivity index (χ1v) is 6.94. The fraction of sp³-hybridized carbons (Fsp3) is 1.00. The summed E-state index contributed by atoms with van der Waals surface area (Å²) in [5.74, 6) is 2.50. The van der Waals surface area contributed by atoms with E-state index in [1.54, 1.807) is 0 Å². The number of hydrogen-bond acceptors (Lipinski definition) is 4. The lowest BCUT2D eigenvalue weighted by atomic mass is 10.2. The maximum Gasteiger partial charge on any atom is 0.0791 e. The molecule has 2 atom stereocenters. The molecular weight excluding hydrogens is 208 g/mol. The zero-order valence-corrected chi connectivity index (χ0v) is 10.9. The summed E-state index contributed by atoms with van der Waals surface area (Å²) in [6, 6.07) is 1.12. The third-order valence-electron chi connectivity index (χ3n) is 2.79. The summed E-state index contributed by atoms with van der Waals surface area (Å²) in [6.07, 6.45) is 1.02. The van der Waals surface area contributed by atoms with Crippen LogP contribution in [0.2, 0.25) is 0 Å². The molecule has 0 aromatic carbocycles. The molecule has 0 spiro atoms. The molecule has 1 heterocycles. The van der Waals surface area contributed by atoms with Gasteiger partial charge in [0.15, 0.2) is 0 Å². The van der Waals surface area contributed by atoms with Gasteiger partial charge in [-0.15, -0.1) is 0 Å². The second-order valence-corrected chi connectivity index (χ2v) is 5.82. The maximum atomic E-state index is 9.82. The SMILES string of the molecule is CC(C)NCC(O)CN(C)C1CCSC1. The molecule has 0 amide bonds. The van der Waals surface area contributed by atoms with Crippen molar-refractivity contribution in [1.82, 2.24) is 10.2 Å². The van der Waals surface area contributed by atoms with Gasteiger partial charge in [0.25, 0.3) is 0 Å². The number of nitrogens with zero attached hydrogens (tertiary/aromatic N) is 1. The Kier molecular flexibility index (Phi) is 5.97. The average Bonchev–Trinajstić information content (AvgIpc) is 2.67. The molecule has 0 radical (unpaired) electrons. The van der Waals surface area contributed by atoms with E-state index in [4.69, 9.17) is 0 Å². The van der Waals surface area contributed by atoms with E-state index >= 15 is 0 Å². The summed E-state index contributed by atoms with van der Waals surface area (Å²) in [6.45, 7) is 5.68. The van der Waals surface area contributed by atoms with Gasteiger partial charge in [-0.05, 0) is 19.2 Å². The quantitative estimate of drug-likeness (QED) is 0.709. The molecule has 2 unspecified atom stereocenters. The second-order valence-electron chi connectivity index (χ2n) is 4.67. The Bertz CT molecular complexity index is 172. The van der Waals surface area contributed by atoms with Gasteiger partial charge in [0.1, 0.15) is 0 Å². The number of thioether (sulfide) groups is 1. The van der Waals surface area contributed by atoms with E-state index in [1.807, 2.05) is 11.8 Å². The molecule has 0 aliphatic carbocycles. The van der Waals surface area contributed by atoms with Crippen LogP contribution in [0, 0.1) is 0 Å². The van der Waals surface area contributed by atoms with Crippen molar-refractivity contribution < 1.29 is 5.11 Å². The minimum absolute atomic E-state index is 0.247. The molecule has 15 heavy (non-hydrogen) atoms. The Hall–Kier alpha value is 0.230. The third-order valence-corrected chi connectivity index (χ3v) is 3.93. The first-order valence-electron chi connectivity index (χ1n) is 5.79. The topological polar surface area (TPSA) is 35.5 Å². The van der Waals surface area contributed by atoms with Gasteiger partial charge in [-0.1, -0.05) is 13.8 Å². The number of hydrogen-bond donors (Lipinski definition) is 2. The van der Waals surface area contributed by atoms with E-state index in [0.717, 1.165) is 6.54 Å². The second kappa shape index (κ2) is 6.74. The average molecular weight is 232 g/mol. The van der Waals surface area contributed by atoms with Crippen LogP contribution in [0.3, 0.4) is 0 Å². The third kappa shape index (κ3) is 5.20. The molecule has 0 aromatic heterocycles. The van der Waals surface area contributed by atoms with Crippen LogP contribution in [0.4, 0.5) is 0 Å². The molecule has 1 saturated heterocycles. The predicted molar refractivity (Wildman–Crippen MR) is 67.5 cm³/mol. The zero-order valence-electron chi connectivity index (χ0n) is 10.1. The van der Waals surface area contributed by atoms with Crippen molar-refractivity contribution in [1.29, 1.82) is 0 Å². The molecule has 1 rings (SSSR count). The van der Waals surface area contributed by atoms with Crippen molar-refractivity contribution in [3.63, 3.8) is 0 Å². The summed E-state index contributed by atoms with van der Waals surface area (Å²) < 4.78 is 0. The van der Waals surface area contributed by atoms with Gasteiger partial charge in [0, 0.05) is 30.9 Å². The Morgan fingerprint density at radius 1 is 1.53 bits per heavy atom. The molecule has 2 N–H and O–H groups in total. The maximum absolute atomic E-state index is 9.82. The first-order chi connectivity index (χ1) is 7.09. The Morgan fingerprint density at radius 2 is 2.27 bits per heavy atom. The lowest BCUT2D eigenvalue weighted by Crippen LogP contribution is -2.42. The van der Waals surface area contributed by atoms with Crippen molar-refractivity contribution in [2.75, 3.05) is 31.6 Å². The highest BCUT2D eigenvalue weighted by atomic mass is 32.2. The lowest BCUT2D eigenvalue weighted by molar-refractivity contribution is 0.106. The fourth-order valence-electron chi connectivity index (χ4n) is 1.79. The van der Waals surface area contributed by atoms with Crippen LogP contribution in [0.15, 0.2) is 0 Å². The first kappa shape index (κ1) is 13.3. The predicted octanol–water partition coefficient (Wildman–Crippen LogP) is 0.783. The lowest BCUT2D eigenvalue weighted by Gasteiger charge is -2.26. The number of nitrogens with one attached hydrogen (secondary N) is 1. The van der Waals surface area contributed by atoms with E-state index < -0.39 is 0 Å². The molecule has 0 aromatic rings. The summed E-state index contributed by atoms with van der Waals surface area (Å²) in [5.41, 5.74) is 0. The van der Waals surface area contributed by atoms with E-state index in [1.165, 1.54) is 17.9 Å². The minimum atomic E-state index is -0.247. The number of aliphatic hydroxyl groups is 1. The van der Waals surface area contributed by atoms with Crippen LogP contribution < -0.4 is 5.32 Å². The highest BCUT2D eigenvalue weighted by Crippen LogP contribution is 2.21. The number of rotatable bonds is 6. The van der Waals surface area contributed by atoms with Gasteiger partial charge >= 0.3 is 0 Å². The van der Waals surface area contributed by atoms with E-state index in [2.05, 4.69) is 31.1 Å². The standard InChI is InChI=1S/C11H24N2OS/c1-9(2)12-6-11(14)7-13(3)10-4-5-15-8-10/h9-12,14H,4-8H2,1-3H3. The normalized spacial score (nSPS) is 24.0. The van der Waals surface area contributed by atoms with Crippen LogP contribution in [-0.4, -0.2) is 59.8 Å². The molecule has 0 bridgehead atoms. The van der Waals surface area contributed by atoms with E-state index in [0.29, 0.717) is 18.6 Å². The van der Waals surface area contributed by atoms with Crippen molar-refractivity contribution in [2.24, 2.45) is 0 Å². The smallest absolute Gasteiger partial charge is 0.0791 e. The van der Waals surface area contributed by atoms with Crippen molar-refractivity contribution in [3.8, 4) is 0 Å². The molecule has 1 fully saturated rings. The molecule has 90 valence electrons. The molecule has 3 nitrogen and oxygen atoms in total. The van der Waals surface area contributed by atoms with Gasteiger partial charge < -0.3 is 10.4 Å². The van der Waals surface area contributed by atoms with Crippen LogP contribution in [-0.2, 0) is 0 Å². The van der Waals surface area contributed by atoms with Gasteiger partial charge in [0.05, 0.1) is 6.10 Å². The molecule has 1 aliphatic heterocycles. The Morgan fingerprint density at radius 3 is 2.80 bits per heavy atom. The molecule has 0 saturated carbocycles. The minimum Gasteiger partial charge on any atom is -0.390 e. The highest BCUT2D eigenvalue weighted by molar-refractivity contribution is 7.99. The van der Waals surface area contributed by atoms with Crippen LogP contribution in [0.1, 0.15) is 20.3 Å². The fourth-order valence-corrected chi connectivity index (χ4v) is 3.09.